The van der Waals surface area contributed by atoms with Gasteiger partial charge in [-0.05, 0) is 31.4 Å². The van der Waals surface area contributed by atoms with E-state index in [-0.39, 0.29) is 18.9 Å². The number of ether oxygens (including phenoxy) is 3. The molecule has 0 bridgehead atoms. The molecule has 0 aromatic carbocycles. The predicted octanol–water partition coefficient (Wildman–Crippen LogP) is 1.71. The molecule has 0 aliphatic carbocycles. The van der Waals surface area contributed by atoms with Gasteiger partial charge in [0.25, 0.3) is 0 Å². The average Bonchev–Trinajstić information content (AvgIpc) is 2.89. The summed E-state index contributed by atoms with van der Waals surface area (Å²) in [7, 11) is 0. The quantitative estimate of drug-likeness (QED) is 0.627. The van der Waals surface area contributed by atoms with Crippen molar-refractivity contribution in [2.24, 2.45) is 0 Å². The minimum atomic E-state index is -0.358. The molecule has 0 saturated carbocycles. The third-order valence-electron chi connectivity index (χ3n) is 2.58. The molecule has 1 saturated heterocycles. The Balaban J connectivity index is 1.58. The fourth-order valence-electron chi connectivity index (χ4n) is 1.69. The molecular weight excluding hydrogens is 222 g/mol. The number of nitrogens with one attached hydrogen (secondary N) is 1. The summed E-state index contributed by atoms with van der Waals surface area (Å²) in [4.78, 5) is 14.2. The second kappa shape index (κ2) is 6.42. The zero-order valence-electron chi connectivity index (χ0n) is 9.69. The lowest BCUT2D eigenvalue weighted by molar-refractivity contribution is -0.166. The van der Waals surface area contributed by atoms with Crippen LogP contribution in [-0.4, -0.2) is 37.1 Å². The molecule has 5 heteroatoms. The smallest absolute Gasteiger partial charge is 0.354 e. The first-order valence-electron chi connectivity index (χ1n) is 5.90. The summed E-state index contributed by atoms with van der Waals surface area (Å²) in [6, 6.07) is 3.43. The lowest BCUT2D eigenvalue weighted by Crippen LogP contribution is -2.24. The van der Waals surface area contributed by atoms with Gasteiger partial charge in [0.15, 0.2) is 6.29 Å². The molecule has 1 aliphatic heterocycles. The van der Waals surface area contributed by atoms with Crippen molar-refractivity contribution in [3.05, 3.63) is 24.0 Å². The first-order chi connectivity index (χ1) is 8.36. The summed E-state index contributed by atoms with van der Waals surface area (Å²) in [5.74, 6) is -0.358. The van der Waals surface area contributed by atoms with Crippen LogP contribution < -0.4 is 0 Å². The number of rotatable bonds is 5. The van der Waals surface area contributed by atoms with Gasteiger partial charge < -0.3 is 19.2 Å². The Labute approximate surface area is 100 Å². The van der Waals surface area contributed by atoms with Crippen LogP contribution in [0, 0.1) is 0 Å². The molecule has 0 spiro atoms. The molecule has 94 valence electrons. The first kappa shape index (κ1) is 12.1. The third kappa shape index (κ3) is 3.87. The predicted molar refractivity (Wildman–Crippen MR) is 60.6 cm³/mol. The van der Waals surface area contributed by atoms with E-state index in [2.05, 4.69) is 4.98 Å². The van der Waals surface area contributed by atoms with Gasteiger partial charge in [-0.1, -0.05) is 0 Å². The monoisotopic (exact) mass is 239 g/mol. The maximum Gasteiger partial charge on any atom is 0.354 e. The Morgan fingerprint density at radius 2 is 2.41 bits per heavy atom. The number of hydrogen-bond donors (Lipinski definition) is 1. The molecule has 1 aliphatic rings. The molecule has 1 aromatic rings. The van der Waals surface area contributed by atoms with Crippen molar-refractivity contribution >= 4 is 5.97 Å². The van der Waals surface area contributed by atoms with Crippen LogP contribution in [0.5, 0.6) is 0 Å². The zero-order valence-corrected chi connectivity index (χ0v) is 9.69. The molecular formula is C12H17NO4. The molecule has 0 radical (unpaired) electrons. The fraction of sp³-hybridized carbons (Fsp3) is 0.583. The Kier molecular flexibility index (Phi) is 4.58. The summed E-state index contributed by atoms with van der Waals surface area (Å²) >= 11 is 0. The second-order valence-corrected chi connectivity index (χ2v) is 3.89. The average molecular weight is 239 g/mol. The van der Waals surface area contributed by atoms with Gasteiger partial charge in [-0.15, -0.1) is 0 Å². The molecule has 1 unspecified atom stereocenters. The molecule has 1 aromatic heterocycles. The first-order valence-corrected chi connectivity index (χ1v) is 5.90. The SMILES string of the molecule is O=C(OCCOC1CCCCO1)c1ccc[nH]1. The highest BCUT2D eigenvalue weighted by Gasteiger charge is 2.14. The molecule has 1 fully saturated rings. The number of carbonyl (C=O) groups is 1. The van der Waals surface area contributed by atoms with E-state index < -0.39 is 0 Å². The van der Waals surface area contributed by atoms with Crippen LogP contribution >= 0.6 is 0 Å². The van der Waals surface area contributed by atoms with Gasteiger partial charge in [0.05, 0.1) is 6.61 Å². The Morgan fingerprint density at radius 3 is 3.12 bits per heavy atom. The second-order valence-electron chi connectivity index (χ2n) is 3.89. The van der Waals surface area contributed by atoms with Gasteiger partial charge in [-0.2, -0.15) is 0 Å². The highest BCUT2D eigenvalue weighted by molar-refractivity contribution is 5.87. The number of H-pyrrole nitrogens is 1. The van der Waals surface area contributed by atoms with Crippen molar-refractivity contribution in [2.75, 3.05) is 19.8 Å². The van der Waals surface area contributed by atoms with Gasteiger partial charge in [0, 0.05) is 12.8 Å². The minimum Gasteiger partial charge on any atom is -0.459 e. The molecule has 5 nitrogen and oxygen atoms in total. The Hall–Kier alpha value is -1.33. The highest BCUT2D eigenvalue weighted by Crippen LogP contribution is 2.13. The maximum atomic E-state index is 11.4. The van der Waals surface area contributed by atoms with Crippen molar-refractivity contribution in [1.82, 2.24) is 4.98 Å². The largest absolute Gasteiger partial charge is 0.459 e. The topological polar surface area (TPSA) is 60.6 Å². The van der Waals surface area contributed by atoms with Crippen molar-refractivity contribution < 1.29 is 19.0 Å². The van der Waals surface area contributed by atoms with Gasteiger partial charge >= 0.3 is 5.97 Å². The molecule has 17 heavy (non-hydrogen) atoms. The molecule has 0 amide bonds. The van der Waals surface area contributed by atoms with Crippen LogP contribution in [0.4, 0.5) is 0 Å². The normalized spacial score (nSPS) is 20.1. The molecule has 1 atom stereocenters. The number of aromatic nitrogens is 1. The standard InChI is InChI=1S/C12H17NO4/c14-12(10-4-3-6-13-10)17-9-8-16-11-5-1-2-7-15-11/h3-4,6,11,13H,1-2,5,7-9H2. The summed E-state index contributed by atoms with van der Waals surface area (Å²) in [5, 5.41) is 0. The van der Waals surface area contributed by atoms with Crippen molar-refractivity contribution in [3.63, 3.8) is 0 Å². The summed E-state index contributed by atoms with van der Waals surface area (Å²) < 4.78 is 15.9. The minimum absolute atomic E-state index is 0.132. The molecule has 1 N–H and O–H groups in total. The van der Waals surface area contributed by atoms with Gasteiger partial charge in [0.2, 0.25) is 0 Å². The summed E-state index contributed by atoms with van der Waals surface area (Å²) in [6.45, 7) is 1.38. The summed E-state index contributed by atoms with van der Waals surface area (Å²) in [6.07, 6.45) is 4.70. The molecule has 2 rings (SSSR count). The number of aromatic amines is 1. The lowest BCUT2D eigenvalue weighted by atomic mass is 10.2. The van der Waals surface area contributed by atoms with E-state index in [9.17, 15) is 4.79 Å². The van der Waals surface area contributed by atoms with Crippen LogP contribution in [0.1, 0.15) is 29.8 Å². The van der Waals surface area contributed by atoms with E-state index in [1.165, 1.54) is 0 Å². The fourth-order valence-corrected chi connectivity index (χ4v) is 1.69. The number of hydrogen-bond acceptors (Lipinski definition) is 4. The third-order valence-corrected chi connectivity index (χ3v) is 2.58. The Morgan fingerprint density at radius 1 is 1.47 bits per heavy atom. The van der Waals surface area contributed by atoms with Crippen LogP contribution in [0.3, 0.4) is 0 Å². The van der Waals surface area contributed by atoms with Gasteiger partial charge in [0.1, 0.15) is 12.3 Å². The van der Waals surface area contributed by atoms with Crippen LogP contribution in [-0.2, 0) is 14.2 Å². The van der Waals surface area contributed by atoms with Crippen molar-refractivity contribution in [3.8, 4) is 0 Å². The molecule has 2 heterocycles. The van der Waals surface area contributed by atoms with Crippen molar-refractivity contribution in [1.29, 1.82) is 0 Å². The lowest BCUT2D eigenvalue weighted by Gasteiger charge is -2.22. The van der Waals surface area contributed by atoms with Crippen molar-refractivity contribution in [2.45, 2.75) is 25.6 Å². The maximum absolute atomic E-state index is 11.4. The van der Waals surface area contributed by atoms with Gasteiger partial charge in [-0.25, -0.2) is 4.79 Å². The van der Waals surface area contributed by atoms with Crippen LogP contribution in [0.2, 0.25) is 0 Å². The van der Waals surface area contributed by atoms with E-state index in [1.807, 2.05) is 0 Å². The number of carbonyl (C=O) groups excluding carboxylic acids is 1. The summed E-state index contributed by atoms with van der Waals surface area (Å²) in [5.41, 5.74) is 0.457. The van der Waals surface area contributed by atoms with Crippen LogP contribution in [0.25, 0.3) is 0 Å². The number of esters is 1. The van der Waals surface area contributed by atoms with E-state index in [1.54, 1.807) is 18.3 Å². The Bertz CT molecular complexity index is 330. The van der Waals surface area contributed by atoms with E-state index in [4.69, 9.17) is 14.2 Å². The zero-order chi connectivity index (χ0) is 11.9. The highest BCUT2D eigenvalue weighted by atomic mass is 16.7. The van der Waals surface area contributed by atoms with E-state index >= 15 is 0 Å². The van der Waals surface area contributed by atoms with E-state index in [0.29, 0.717) is 12.3 Å². The van der Waals surface area contributed by atoms with E-state index in [0.717, 1.165) is 25.9 Å². The van der Waals surface area contributed by atoms with Crippen LogP contribution in [0.15, 0.2) is 18.3 Å². The van der Waals surface area contributed by atoms with Gasteiger partial charge in [-0.3, -0.25) is 0 Å².